The highest BCUT2D eigenvalue weighted by Gasteiger charge is 2.30. The second-order valence-corrected chi connectivity index (χ2v) is 5.45. The van der Waals surface area contributed by atoms with Gasteiger partial charge in [-0.3, -0.25) is 10.1 Å². The molecular weight excluding hydrogens is 379 g/mol. The van der Waals surface area contributed by atoms with Crippen LogP contribution in [-0.2, 0) is 15.7 Å². The second-order valence-electron chi connectivity index (χ2n) is 5.45. The summed E-state index contributed by atoms with van der Waals surface area (Å²) in [6.07, 6.45) is -4.51. The number of ether oxygens (including phenoxy) is 1. The molecule has 3 amide bonds. The average Bonchev–Trinajstić information content (AvgIpc) is 2.66. The Kier molecular flexibility index (Phi) is 6.59. The highest BCUT2D eigenvalue weighted by Crippen LogP contribution is 2.31. The lowest BCUT2D eigenvalue weighted by atomic mass is 10.1. The minimum atomic E-state index is -4.51. The minimum Gasteiger partial charge on any atom is -0.452 e. The molecule has 0 unspecified atom stereocenters. The third kappa shape index (κ3) is 5.73. The van der Waals surface area contributed by atoms with Crippen molar-refractivity contribution < 1.29 is 32.3 Å². The number of esters is 1. The van der Waals surface area contributed by atoms with Crippen LogP contribution in [0.5, 0.6) is 0 Å². The molecule has 2 aromatic rings. The van der Waals surface area contributed by atoms with Gasteiger partial charge in [0.1, 0.15) is 0 Å². The molecule has 0 aromatic heterocycles. The van der Waals surface area contributed by atoms with Gasteiger partial charge in [0.25, 0.3) is 5.91 Å². The zero-order valence-electron chi connectivity index (χ0n) is 14.6. The molecule has 0 aliphatic carbocycles. The number of carbonyl (C=O) groups is 3. The highest BCUT2D eigenvalue weighted by molar-refractivity contribution is 5.99. The Morgan fingerprint density at radius 3 is 2.43 bits per heavy atom. The first-order valence-electron chi connectivity index (χ1n) is 7.92. The molecule has 2 rings (SSSR count). The number of para-hydroxylation sites is 1. The SMILES string of the molecule is CNC(=O)NC(=O)COC(=O)c1ccccc1Nc1cccc(C(F)(F)F)c1. The molecule has 10 heteroatoms. The van der Waals surface area contributed by atoms with Crippen molar-refractivity contribution in [2.24, 2.45) is 0 Å². The molecule has 3 N–H and O–H groups in total. The van der Waals surface area contributed by atoms with Crippen molar-refractivity contribution in [2.45, 2.75) is 6.18 Å². The zero-order chi connectivity index (χ0) is 20.7. The predicted molar refractivity (Wildman–Crippen MR) is 94.0 cm³/mol. The Bertz CT molecular complexity index is 884. The Hall–Kier alpha value is -3.56. The number of anilines is 2. The lowest BCUT2D eigenvalue weighted by molar-refractivity contribution is -0.137. The van der Waals surface area contributed by atoms with Gasteiger partial charge in [0.05, 0.1) is 16.8 Å². The maximum atomic E-state index is 12.8. The molecule has 0 heterocycles. The van der Waals surface area contributed by atoms with Crippen molar-refractivity contribution in [1.82, 2.24) is 10.6 Å². The van der Waals surface area contributed by atoms with Crippen molar-refractivity contribution in [3.8, 4) is 0 Å². The Balaban J connectivity index is 2.11. The fourth-order valence-electron chi connectivity index (χ4n) is 2.13. The van der Waals surface area contributed by atoms with Crippen molar-refractivity contribution >= 4 is 29.3 Å². The molecule has 7 nitrogen and oxygen atoms in total. The first-order valence-corrected chi connectivity index (χ1v) is 7.92. The van der Waals surface area contributed by atoms with Crippen molar-refractivity contribution in [2.75, 3.05) is 19.0 Å². The van der Waals surface area contributed by atoms with Gasteiger partial charge in [-0.15, -0.1) is 0 Å². The minimum absolute atomic E-state index is 0.00709. The van der Waals surface area contributed by atoms with Gasteiger partial charge in [-0.2, -0.15) is 13.2 Å². The molecule has 0 radical (unpaired) electrons. The van der Waals surface area contributed by atoms with E-state index in [1.165, 1.54) is 37.4 Å². The molecule has 0 atom stereocenters. The number of benzene rings is 2. The van der Waals surface area contributed by atoms with E-state index < -0.39 is 36.3 Å². The first-order chi connectivity index (χ1) is 13.2. The number of halogens is 3. The Morgan fingerprint density at radius 2 is 1.75 bits per heavy atom. The van der Waals surface area contributed by atoms with Crippen LogP contribution in [0, 0.1) is 0 Å². The van der Waals surface area contributed by atoms with Gasteiger partial charge in [0.2, 0.25) is 0 Å². The number of carbonyl (C=O) groups excluding carboxylic acids is 3. The lowest BCUT2D eigenvalue weighted by Gasteiger charge is -2.13. The second kappa shape index (κ2) is 8.89. The van der Waals surface area contributed by atoms with E-state index in [9.17, 15) is 27.6 Å². The van der Waals surface area contributed by atoms with E-state index in [1.807, 2.05) is 5.32 Å². The third-order valence-corrected chi connectivity index (χ3v) is 3.43. The smallest absolute Gasteiger partial charge is 0.416 e. The molecule has 0 fully saturated rings. The Morgan fingerprint density at radius 1 is 1.04 bits per heavy atom. The van der Waals surface area contributed by atoms with Crippen LogP contribution in [0.4, 0.5) is 29.3 Å². The summed E-state index contributed by atoms with van der Waals surface area (Å²) in [7, 11) is 1.31. The number of nitrogens with one attached hydrogen (secondary N) is 3. The fraction of sp³-hybridized carbons (Fsp3) is 0.167. The van der Waals surface area contributed by atoms with E-state index in [-0.39, 0.29) is 16.9 Å². The molecule has 2 aromatic carbocycles. The van der Waals surface area contributed by atoms with E-state index in [2.05, 4.69) is 10.6 Å². The van der Waals surface area contributed by atoms with Gasteiger partial charge in [0, 0.05) is 12.7 Å². The summed E-state index contributed by atoms with van der Waals surface area (Å²) < 4.78 is 43.4. The standard InChI is InChI=1S/C18H16F3N3O4/c1-22-17(27)24-15(25)10-28-16(26)13-7-2-3-8-14(13)23-12-6-4-5-11(9-12)18(19,20)21/h2-9,23H,10H2,1H3,(H2,22,24,25,27). The maximum absolute atomic E-state index is 12.8. The van der Waals surface area contributed by atoms with Gasteiger partial charge in [-0.25, -0.2) is 9.59 Å². The quantitative estimate of drug-likeness (QED) is 0.677. The van der Waals surface area contributed by atoms with Gasteiger partial charge in [0.15, 0.2) is 6.61 Å². The number of hydrogen-bond acceptors (Lipinski definition) is 5. The van der Waals surface area contributed by atoms with E-state index in [0.717, 1.165) is 12.1 Å². The number of imide groups is 1. The molecule has 0 saturated heterocycles. The molecule has 0 saturated carbocycles. The van der Waals surface area contributed by atoms with Crippen LogP contribution in [0.25, 0.3) is 0 Å². The van der Waals surface area contributed by atoms with Crippen LogP contribution in [0.3, 0.4) is 0 Å². The number of alkyl halides is 3. The van der Waals surface area contributed by atoms with Crippen molar-refractivity contribution in [3.05, 3.63) is 59.7 Å². The van der Waals surface area contributed by atoms with Crippen LogP contribution < -0.4 is 16.0 Å². The highest BCUT2D eigenvalue weighted by atomic mass is 19.4. The fourth-order valence-corrected chi connectivity index (χ4v) is 2.13. The lowest BCUT2D eigenvalue weighted by Crippen LogP contribution is -2.39. The molecule has 148 valence electrons. The summed E-state index contributed by atoms with van der Waals surface area (Å²) in [6, 6.07) is 9.67. The summed E-state index contributed by atoms with van der Waals surface area (Å²) >= 11 is 0. The van der Waals surface area contributed by atoms with Gasteiger partial charge in [-0.05, 0) is 30.3 Å². The van der Waals surface area contributed by atoms with E-state index in [1.54, 1.807) is 6.07 Å². The number of hydrogen-bond donors (Lipinski definition) is 3. The van der Waals surface area contributed by atoms with E-state index in [0.29, 0.717) is 0 Å². The molecule has 0 spiro atoms. The molecule has 0 bridgehead atoms. The first kappa shape index (κ1) is 20.7. The number of urea groups is 1. The predicted octanol–water partition coefficient (Wildman–Crippen LogP) is 3.06. The van der Waals surface area contributed by atoms with Crippen LogP contribution in [0.1, 0.15) is 15.9 Å². The summed E-state index contributed by atoms with van der Waals surface area (Å²) in [4.78, 5) is 34.7. The van der Waals surface area contributed by atoms with Crippen LogP contribution in [0.15, 0.2) is 48.5 Å². The van der Waals surface area contributed by atoms with Crippen LogP contribution >= 0.6 is 0 Å². The molecule has 0 aliphatic rings. The van der Waals surface area contributed by atoms with Crippen molar-refractivity contribution in [3.63, 3.8) is 0 Å². The Labute approximate surface area is 157 Å². The summed E-state index contributed by atoms with van der Waals surface area (Å²) in [5, 5.41) is 6.82. The number of rotatable bonds is 5. The van der Waals surface area contributed by atoms with Gasteiger partial charge < -0.3 is 15.4 Å². The van der Waals surface area contributed by atoms with Gasteiger partial charge >= 0.3 is 18.2 Å². The molecule has 28 heavy (non-hydrogen) atoms. The summed E-state index contributed by atoms with van der Waals surface area (Å²) in [5.41, 5.74) is -0.526. The van der Waals surface area contributed by atoms with E-state index in [4.69, 9.17) is 4.74 Å². The largest absolute Gasteiger partial charge is 0.452 e. The molecular formula is C18H16F3N3O4. The van der Waals surface area contributed by atoms with Crippen molar-refractivity contribution in [1.29, 1.82) is 0 Å². The summed E-state index contributed by atoms with van der Waals surface area (Å²) in [6.45, 7) is -0.704. The normalized spacial score (nSPS) is 10.7. The average molecular weight is 395 g/mol. The topological polar surface area (TPSA) is 96.5 Å². The van der Waals surface area contributed by atoms with Gasteiger partial charge in [-0.1, -0.05) is 18.2 Å². The van der Waals surface area contributed by atoms with Crippen LogP contribution in [0.2, 0.25) is 0 Å². The third-order valence-electron chi connectivity index (χ3n) is 3.43. The van der Waals surface area contributed by atoms with Crippen LogP contribution in [-0.4, -0.2) is 31.6 Å². The zero-order valence-corrected chi connectivity index (χ0v) is 14.6. The summed E-state index contributed by atoms with van der Waals surface area (Å²) in [5.74, 6) is -1.72. The monoisotopic (exact) mass is 395 g/mol. The molecule has 0 aliphatic heterocycles. The van der Waals surface area contributed by atoms with E-state index >= 15 is 0 Å². The number of amides is 3. The maximum Gasteiger partial charge on any atom is 0.416 e.